The summed E-state index contributed by atoms with van der Waals surface area (Å²) in [5, 5.41) is 2.92. The Hall–Kier alpha value is -2.34. The average Bonchev–Trinajstić information content (AvgIpc) is 3.02. The van der Waals surface area contributed by atoms with Gasteiger partial charge in [0.1, 0.15) is 0 Å². The molecular weight excluding hydrogens is 310 g/mol. The summed E-state index contributed by atoms with van der Waals surface area (Å²) < 4.78 is 3.17. The van der Waals surface area contributed by atoms with Gasteiger partial charge >= 0.3 is 5.69 Å². The lowest BCUT2D eigenvalue weighted by atomic mass is 10.2. The number of anilines is 1. The maximum Gasteiger partial charge on any atom is 0.328 e. The minimum Gasteiger partial charge on any atom is -0.321 e. The van der Waals surface area contributed by atoms with Gasteiger partial charge in [0.15, 0.2) is 0 Å². The molecular formula is C17H19N3O2S. The Morgan fingerprint density at radius 1 is 1.17 bits per heavy atom. The van der Waals surface area contributed by atoms with Crippen LogP contribution in [0.1, 0.15) is 27.0 Å². The summed E-state index contributed by atoms with van der Waals surface area (Å²) in [7, 11) is 3.47. The van der Waals surface area contributed by atoms with Crippen LogP contribution in [-0.4, -0.2) is 15.0 Å². The number of fused-ring (bicyclic) bond motifs is 1. The lowest BCUT2D eigenvalue weighted by Gasteiger charge is -2.04. The SMILES string of the molecule is CCc1cc(C(=O)Nc2ccc3c(c2)n(C)c(=O)n3C)sc1C. The zero-order chi connectivity index (χ0) is 16.7. The zero-order valence-corrected chi connectivity index (χ0v) is 14.5. The standard InChI is InChI=1S/C17H19N3O2S/c1-5-11-8-15(23-10(11)2)16(21)18-12-6-7-13-14(9-12)20(4)17(22)19(13)3/h6-9H,5H2,1-4H3,(H,18,21). The molecule has 6 heteroatoms. The van der Waals surface area contributed by atoms with Crippen molar-refractivity contribution in [1.29, 1.82) is 0 Å². The molecule has 0 fully saturated rings. The van der Waals surface area contributed by atoms with Gasteiger partial charge < -0.3 is 5.32 Å². The number of carbonyl (C=O) groups is 1. The molecule has 120 valence electrons. The quantitative estimate of drug-likeness (QED) is 0.803. The molecule has 0 unspecified atom stereocenters. The Morgan fingerprint density at radius 2 is 1.87 bits per heavy atom. The lowest BCUT2D eigenvalue weighted by Crippen LogP contribution is -2.19. The molecule has 3 aromatic rings. The number of carbonyl (C=O) groups excluding carboxylic acids is 1. The Kier molecular flexibility index (Phi) is 3.85. The first-order valence-electron chi connectivity index (χ1n) is 7.48. The third kappa shape index (κ3) is 2.59. The molecule has 0 saturated carbocycles. The summed E-state index contributed by atoms with van der Waals surface area (Å²) >= 11 is 1.51. The monoisotopic (exact) mass is 329 g/mol. The van der Waals surface area contributed by atoms with Crippen LogP contribution in [-0.2, 0) is 20.5 Å². The minimum absolute atomic E-state index is 0.0788. The summed E-state index contributed by atoms with van der Waals surface area (Å²) in [6, 6.07) is 7.45. The smallest absolute Gasteiger partial charge is 0.321 e. The Balaban J connectivity index is 1.93. The summed E-state index contributed by atoms with van der Waals surface area (Å²) in [6.07, 6.45) is 0.924. The molecule has 1 aromatic carbocycles. The number of nitrogens with zero attached hydrogens (tertiary/aromatic N) is 2. The van der Waals surface area contributed by atoms with Gasteiger partial charge in [0.05, 0.1) is 15.9 Å². The summed E-state index contributed by atoms with van der Waals surface area (Å²) in [5.41, 5.74) is 3.46. The van der Waals surface area contributed by atoms with Gasteiger partial charge in [-0.15, -0.1) is 11.3 Å². The van der Waals surface area contributed by atoms with E-state index in [2.05, 4.69) is 12.2 Å². The summed E-state index contributed by atoms with van der Waals surface area (Å²) in [5.74, 6) is -0.113. The first-order valence-corrected chi connectivity index (χ1v) is 8.30. The number of nitrogens with one attached hydrogen (secondary N) is 1. The maximum absolute atomic E-state index is 12.4. The topological polar surface area (TPSA) is 56.0 Å². The number of hydrogen-bond donors (Lipinski definition) is 1. The van der Waals surface area contributed by atoms with Gasteiger partial charge in [-0.05, 0) is 43.2 Å². The van der Waals surface area contributed by atoms with Gasteiger partial charge in [-0.1, -0.05) is 6.92 Å². The molecule has 0 spiro atoms. The lowest BCUT2D eigenvalue weighted by molar-refractivity contribution is 0.103. The molecule has 1 N–H and O–H groups in total. The van der Waals surface area contributed by atoms with Gasteiger partial charge in [-0.2, -0.15) is 0 Å². The number of imidazole rings is 1. The molecule has 5 nitrogen and oxygen atoms in total. The van der Waals surface area contributed by atoms with E-state index in [1.54, 1.807) is 23.2 Å². The fourth-order valence-electron chi connectivity index (χ4n) is 2.76. The van der Waals surface area contributed by atoms with Gasteiger partial charge in [0.2, 0.25) is 0 Å². The molecule has 0 aliphatic carbocycles. The third-order valence-electron chi connectivity index (χ3n) is 4.16. The largest absolute Gasteiger partial charge is 0.328 e. The van der Waals surface area contributed by atoms with E-state index in [0.29, 0.717) is 10.6 Å². The van der Waals surface area contributed by atoms with Crippen molar-refractivity contribution in [3.63, 3.8) is 0 Å². The molecule has 1 amide bonds. The van der Waals surface area contributed by atoms with Crippen molar-refractivity contribution in [1.82, 2.24) is 9.13 Å². The van der Waals surface area contributed by atoms with Crippen LogP contribution in [0, 0.1) is 6.92 Å². The molecule has 0 radical (unpaired) electrons. The number of benzene rings is 1. The number of thiophene rings is 1. The number of aromatic nitrogens is 2. The predicted octanol–water partition coefficient (Wildman–Crippen LogP) is 3.06. The molecule has 0 aliphatic rings. The Bertz CT molecular complexity index is 962. The van der Waals surface area contributed by atoms with Crippen LogP contribution < -0.4 is 11.0 Å². The van der Waals surface area contributed by atoms with Crippen molar-refractivity contribution >= 4 is 34.0 Å². The highest BCUT2D eigenvalue weighted by atomic mass is 32.1. The summed E-state index contributed by atoms with van der Waals surface area (Å²) in [6.45, 7) is 4.12. The van der Waals surface area contributed by atoms with E-state index in [-0.39, 0.29) is 11.6 Å². The van der Waals surface area contributed by atoms with Crippen LogP contribution in [0.5, 0.6) is 0 Å². The van der Waals surface area contributed by atoms with Crippen LogP contribution >= 0.6 is 11.3 Å². The van der Waals surface area contributed by atoms with Gasteiger partial charge in [0.25, 0.3) is 5.91 Å². The van der Waals surface area contributed by atoms with Crippen LogP contribution in [0.2, 0.25) is 0 Å². The van der Waals surface area contributed by atoms with E-state index < -0.39 is 0 Å². The van der Waals surface area contributed by atoms with Crippen molar-refractivity contribution in [3.05, 3.63) is 50.1 Å². The summed E-state index contributed by atoms with van der Waals surface area (Å²) in [4.78, 5) is 26.3. The second kappa shape index (κ2) is 5.70. The van der Waals surface area contributed by atoms with Gasteiger partial charge in [0, 0.05) is 24.7 Å². The minimum atomic E-state index is -0.113. The van der Waals surface area contributed by atoms with E-state index >= 15 is 0 Å². The highest BCUT2D eigenvalue weighted by Crippen LogP contribution is 2.24. The van der Waals surface area contributed by atoms with Crippen molar-refractivity contribution < 1.29 is 4.79 Å². The van der Waals surface area contributed by atoms with Crippen LogP contribution in [0.4, 0.5) is 5.69 Å². The van der Waals surface area contributed by atoms with E-state index in [0.717, 1.165) is 17.5 Å². The van der Waals surface area contributed by atoms with Crippen LogP contribution in [0.15, 0.2) is 29.1 Å². The highest BCUT2D eigenvalue weighted by molar-refractivity contribution is 7.14. The molecule has 0 saturated heterocycles. The van der Waals surface area contributed by atoms with Crippen molar-refractivity contribution in [3.8, 4) is 0 Å². The molecule has 2 heterocycles. The second-order valence-electron chi connectivity index (χ2n) is 5.60. The fraction of sp³-hybridized carbons (Fsp3) is 0.294. The number of amides is 1. The van der Waals surface area contributed by atoms with Crippen molar-refractivity contribution in [2.45, 2.75) is 20.3 Å². The molecule has 23 heavy (non-hydrogen) atoms. The van der Waals surface area contributed by atoms with E-state index in [9.17, 15) is 9.59 Å². The number of aryl methyl sites for hydroxylation is 4. The molecule has 0 aliphatic heterocycles. The van der Waals surface area contributed by atoms with Crippen LogP contribution in [0.25, 0.3) is 11.0 Å². The molecule has 0 atom stereocenters. The fourth-order valence-corrected chi connectivity index (χ4v) is 3.77. The Labute approximate surface area is 138 Å². The van der Waals surface area contributed by atoms with E-state index in [4.69, 9.17) is 0 Å². The zero-order valence-electron chi connectivity index (χ0n) is 13.6. The first kappa shape index (κ1) is 15.6. The average molecular weight is 329 g/mol. The predicted molar refractivity (Wildman–Crippen MR) is 94.5 cm³/mol. The maximum atomic E-state index is 12.4. The molecule has 3 rings (SSSR count). The normalized spacial score (nSPS) is 11.1. The van der Waals surface area contributed by atoms with Crippen molar-refractivity contribution in [2.75, 3.05) is 5.32 Å². The first-order chi connectivity index (χ1) is 10.9. The highest BCUT2D eigenvalue weighted by Gasteiger charge is 2.13. The van der Waals surface area contributed by atoms with E-state index in [1.807, 2.05) is 31.2 Å². The van der Waals surface area contributed by atoms with Crippen LogP contribution in [0.3, 0.4) is 0 Å². The second-order valence-corrected chi connectivity index (χ2v) is 6.86. The van der Waals surface area contributed by atoms with Gasteiger partial charge in [-0.3, -0.25) is 13.9 Å². The van der Waals surface area contributed by atoms with E-state index in [1.165, 1.54) is 21.8 Å². The van der Waals surface area contributed by atoms with Crippen molar-refractivity contribution in [2.24, 2.45) is 14.1 Å². The molecule has 0 bridgehead atoms. The third-order valence-corrected chi connectivity index (χ3v) is 5.25. The number of hydrogen-bond acceptors (Lipinski definition) is 3. The number of rotatable bonds is 3. The molecule has 2 aromatic heterocycles. The Morgan fingerprint density at radius 3 is 2.52 bits per heavy atom. The van der Waals surface area contributed by atoms with Gasteiger partial charge in [-0.25, -0.2) is 4.79 Å².